The van der Waals surface area contributed by atoms with Gasteiger partial charge in [-0.2, -0.15) is 0 Å². The van der Waals surface area contributed by atoms with Crippen LogP contribution in [-0.2, 0) is 14.3 Å². The standard InChI is InChI=1S/C13H24N2O3/c1-9-4-5-15(6-12(9)17-3)13(16)10-7-18-8-11(10)14-2/h9-12,14H,4-8H2,1-3H3. The maximum atomic E-state index is 12.5. The average molecular weight is 256 g/mol. The molecule has 0 radical (unpaired) electrons. The Morgan fingerprint density at radius 2 is 2.22 bits per heavy atom. The number of likely N-dealkylation sites (tertiary alicyclic amines) is 1. The Hall–Kier alpha value is -0.650. The van der Waals surface area contributed by atoms with E-state index in [0.717, 1.165) is 13.0 Å². The van der Waals surface area contributed by atoms with Crippen molar-refractivity contribution in [3.05, 3.63) is 0 Å². The summed E-state index contributed by atoms with van der Waals surface area (Å²) in [5.41, 5.74) is 0. The minimum absolute atomic E-state index is 0.0408. The highest BCUT2D eigenvalue weighted by Gasteiger charge is 2.38. The Balaban J connectivity index is 1.96. The molecule has 0 aromatic heterocycles. The van der Waals surface area contributed by atoms with Crippen molar-refractivity contribution in [1.29, 1.82) is 0 Å². The molecule has 5 heteroatoms. The maximum Gasteiger partial charge on any atom is 0.229 e. The third-order valence-electron chi connectivity index (χ3n) is 4.27. The number of methoxy groups -OCH3 is 1. The van der Waals surface area contributed by atoms with Crippen molar-refractivity contribution in [1.82, 2.24) is 10.2 Å². The van der Waals surface area contributed by atoms with Crippen LogP contribution in [-0.4, -0.2) is 63.4 Å². The third-order valence-corrected chi connectivity index (χ3v) is 4.27. The maximum absolute atomic E-state index is 12.5. The predicted molar refractivity (Wildman–Crippen MR) is 68.3 cm³/mol. The van der Waals surface area contributed by atoms with Crippen LogP contribution in [0.15, 0.2) is 0 Å². The molecule has 2 saturated heterocycles. The largest absolute Gasteiger partial charge is 0.379 e. The van der Waals surface area contributed by atoms with Crippen molar-refractivity contribution in [2.45, 2.75) is 25.5 Å². The molecule has 0 aromatic carbocycles. The molecular formula is C13H24N2O3. The second kappa shape index (κ2) is 5.99. The monoisotopic (exact) mass is 256 g/mol. The van der Waals surface area contributed by atoms with Crippen molar-refractivity contribution in [2.75, 3.05) is 40.5 Å². The molecule has 1 amide bonds. The number of piperidine rings is 1. The number of amides is 1. The lowest BCUT2D eigenvalue weighted by molar-refractivity contribution is -0.141. The van der Waals surface area contributed by atoms with Crippen LogP contribution >= 0.6 is 0 Å². The van der Waals surface area contributed by atoms with Gasteiger partial charge in [0.25, 0.3) is 0 Å². The number of nitrogens with one attached hydrogen (secondary N) is 1. The smallest absolute Gasteiger partial charge is 0.229 e. The van der Waals surface area contributed by atoms with Crippen molar-refractivity contribution >= 4 is 5.91 Å². The summed E-state index contributed by atoms with van der Waals surface area (Å²) in [7, 11) is 3.61. The number of likely N-dealkylation sites (N-methyl/N-ethyl adjacent to an activating group) is 1. The van der Waals surface area contributed by atoms with Crippen LogP contribution in [0.2, 0.25) is 0 Å². The van der Waals surface area contributed by atoms with E-state index in [0.29, 0.717) is 25.7 Å². The highest BCUT2D eigenvalue weighted by atomic mass is 16.5. The van der Waals surface area contributed by atoms with Gasteiger partial charge in [0.1, 0.15) is 0 Å². The molecule has 2 rings (SSSR count). The van der Waals surface area contributed by atoms with E-state index in [9.17, 15) is 4.79 Å². The minimum Gasteiger partial charge on any atom is -0.379 e. The number of ether oxygens (including phenoxy) is 2. The molecule has 5 nitrogen and oxygen atoms in total. The number of hydrogen-bond acceptors (Lipinski definition) is 4. The summed E-state index contributed by atoms with van der Waals surface area (Å²) in [4.78, 5) is 14.4. The number of carbonyl (C=O) groups is 1. The van der Waals surface area contributed by atoms with Gasteiger partial charge in [-0.3, -0.25) is 4.79 Å². The fourth-order valence-corrected chi connectivity index (χ4v) is 2.86. The first-order valence-corrected chi connectivity index (χ1v) is 6.74. The lowest BCUT2D eigenvalue weighted by atomic mass is 9.93. The highest BCUT2D eigenvalue weighted by Crippen LogP contribution is 2.23. The van der Waals surface area contributed by atoms with Gasteiger partial charge in [-0.25, -0.2) is 0 Å². The van der Waals surface area contributed by atoms with Gasteiger partial charge in [0.15, 0.2) is 0 Å². The van der Waals surface area contributed by atoms with Crippen LogP contribution in [0, 0.1) is 11.8 Å². The molecule has 0 spiro atoms. The van der Waals surface area contributed by atoms with E-state index in [-0.39, 0.29) is 24.0 Å². The van der Waals surface area contributed by atoms with Crippen LogP contribution in [0.25, 0.3) is 0 Å². The molecule has 1 N–H and O–H groups in total. The normalized spacial score (nSPS) is 36.9. The minimum atomic E-state index is -0.0408. The van der Waals surface area contributed by atoms with E-state index in [2.05, 4.69) is 12.2 Å². The third kappa shape index (κ3) is 2.68. The van der Waals surface area contributed by atoms with Gasteiger partial charge in [0.2, 0.25) is 5.91 Å². The van der Waals surface area contributed by atoms with E-state index in [1.165, 1.54) is 0 Å². The predicted octanol–water partition coefficient (Wildman–Crippen LogP) is 0.104. The molecule has 0 saturated carbocycles. The fourth-order valence-electron chi connectivity index (χ4n) is 2.86. The fraction of sp³-hybridized carbons (Fsp3) is 0.923. The van der Waals surface area contributed by atoms with E-state index >= 15 is 0 Å². The SMILES string of the molecule is CNC1COCC1C(=O)N1CCC(C)C(OC)C1. The van der Waals surface area contributed by atoms with Gasteiger partial charge in [-0.15, -0.1) is 0 Å². The lowest BCUT2D eigenvalue weighted by Gasteiger charge is -2.37. The number of carbonyl (C=O) groups excluding carboxylic acids is 1. The Morgan fingerprint density at radius 3 is 2.89 bits per heavy atom. The van der Waals surface area contributed by atoms with Gasteiger partial charge in [-0.1, -0.05) is 6.92 Å². The summed E-state index contributed by atoms with van der Waals surface area (Å²) in [5, 5.41) is 3.16. The Kier molecular flexibility index (Phi) is 4.59. The molecule has 0 aromatic rings. The zero-order valence-corrected chi connectivity index (χ0v) is 11.5. The van der Waals surface area contributed by atoms with Crippen molar-refractivity contribution in [3.8, 4) is 0 Å². The van der Waals surface area contributed by atoms with Crippen molar-refractivity contribution < 1.29 is 14.3 Å². The second-order valence-electron chi connectivity index (χ2n) is 5.36. The van der Waals surface area contributed by atoms with Gasteiger partial charge in [-0.05, 0) is 19.4 Å². The number of nitrogens with zero attached hydrogens (tertiary/aromatic N) is 1. The van der Waals surface area contributed by atoms with Crippen molar-refractivity contribution in [2.24, 2.45) is 11.8 Å². The molecule has 0 aliphatic carbocycles. The molecule has 2 fully saturated rings. The molecular weight excluding hydrogens is 232 g/mol. The second-order valence-corrected chi connectivity index (χ2v) is 5.36. The summed E-state index contributed by atoms with van der Waals surface area (Å²) < 4.78 is 10.9. The van der Waals surface area contributed by atoms with Gasteiger partial charge < -0.3 is 19.7 Å². The first-order valence-electron chi connectivity index (χ1n) is 6.74. The quantitative estimate of drug-likeness (QED) is 0.778. The van der Waals surface area contributed by atoms with E-state index in [4.69, 9.17) is 9.47 Å². The zero-order chi connectivity index (χ0) is 13.1. The molecule has 2 heterocycles. The van der Waals surface area contributed by atoms with Crippen molar-refractivity contribution in [3.63, 3.8) is 0 Å². The van der Waals surface area contributed by atoms with Crippen LogP contribution in [0.4, 0.5) is 0 Å². The molecule has 2 aliphatic heterocycles. The Labute approximate surface area is 109 Å². The molecule has 4 atom stereocenters. The van der Waals surface area contributed by atoms with E-state index < -0.39 is 0 Å². The number of hydrogen-bond donors (Lipinski definition) is 1. The number of rotatable bonds is 3. The summed E-state index contributed by atoms with van der Waals surface area (Å²) in [5.74, 6) is 0.695. The highest BCUT2D eigenvalue weighted by molar-refractivity contribution is 5.80. The molecule has 0 bridgehead atoms. The summed E-state index contributed by atoms with van der Waals surface area (Å²) in [6.45, 7) is 4.90. The van der Waals surface area contributed by atoms with E-state index in [1.807, 2.05) is 11.9 Å². The first kappa shape index (κ1) is 13.8. The average Bonchev–Trinajstić information content (AvgIpc) is 2.86. The Bertz CT molecular complexity index is 298. The van der Waals surface area contributed by atoms with E-state index in [1.54, 1.807) is 7.11 Å². The molecule has 4 unspecified atom stereocenters. The first-order chi connectivity index (χ1) is 8.67. The summed E-state index contributed by atoms with van der Waals surface area (Å²) in [6.07, 6.45) is 1.18. The van der Waals surface area contributed by atoms with Crippen LogP contribution in [0.5, 0.6) is 0 Å². The molecule has 18 heavy (non-hydrogen) atoms. The Morgan fingerprint density at radius 1 is 1.44 bits per heavy atom. The summed E-state index contributed by atoms with van der Waals surface area (Å²) >= 11 is 0. The molecule has 104 valence electrons. The lowest BCUT2D eigenvalue weighted by Crippen LogP contribution is -2.51. The van der Waals surface area contributed by atoms with Gasteiger partial charge >= 0.3 is 0 Å². The van der Waals surface area contributed by atoms with Crippen LogP contribution in [0.1, 0.15) is 13.3 Å². The zero-order valence-electron chi connectivity index (χ0n) is 11.5. The van der Waals surface area contributed by atoms with Crippen LogP contribution < -0.4 is 5.32 Å². The van der Waals surface area contributed by atoms with Gasteiger partial charge in [0, 0.05) is 26.2 Å². The summed E-state index contributed by atoms with van der Waals surface area (Å²) in [6, 6.07) is 0.151. The topological polar surface area (TPSA) is 50.8 Å². The van der Waals surface area contributed by atoms with Gasteiger partial charge in [0.05, 0.1) is 25.2 Å². The molecule has 2 aliphatic rings. The van der Waals surface area contributed by atoms with Crippen LogP contribution in [0.3, 0.4) is 0 Å².